The molecule has 0 saturated heterocycles. The quantitative estimate of drug-likeness (QED) is 0.683. The first-order valence-corrected chi connectivity index (χ1v) is 8.99. The maximum atomic E-state index is 12.3. The number of aromatic hydroxyl groups is 1. The second-order valence-corrected chi connectivity index (χ2v) is 8.06. The van der Waals surface area contributed by atoms with E-state index in [-0.39, 0.29) is 16.1 Å². The van der Waals surface area contributed by atoms with Crippen LogP contribution in [0.3, 0.4) is 0 Å². The highest BCUT2D eigenvalue weighted by atomic mass is 32.2. The van der Waals surface area contributed by atoms with Gasteiger partial charge in [-0.05, 0) is 36.0 Å². The molecule has 1 aliphatic carbocycles. The number of sulfonamides is 1. The normalized spacial score (nSPS) is 18.5. The molecule has 22 heavy (non-hydrogen) atoms. The Balaban J connectivity index is 2.43. The molecule has 6 heteroatoms. The largest absolute Gasteiger partial charge is 0.507 e. The van der Waals surface area contributed by atoms with Gasteiger partial charge in [0.15, 0.2) is 0 Å². The van der Waals surface area contributed by atoms with Crippen LogP contribution in [0.4, 0.5) is 0 Å². The number of hydrogen-bond acceptors (Lipinski definition) is 3. The highest BCUT2D eigenvalue weighted by molar-refractivity contribution is 7.90. The number of rotatable bonds is 4. The Morgan fingerprint density at radius 2 is 1.86 bits per heavy atom. The van der Waals surface area contributed by atoms with Gasteiger partial charge in [-0.2, -0.15) is 8.42 Å². The van der Waals surface area contributed by atoms with Gasteiger partial charge in [0.2, 0.25) is 0 Å². The van der Waals surface area contributed by atoms with E-state index in [0.717, 1.165) is 31.2 Å². The molecule has 1 aliphatic rings. The second-order valence-electron chi connectivity index (χ2n) is 6.46. The monoisotopic (exact) mass is 324 g/mol. The van der Waals surface area contributed by atoms with Crippen LogP contribution in [-0.4, -0.2) is 38.9 Å². The van der Waals surface area contributed by atoms with Crippen molar-refractivity contribution < 1.29 is 13.5 Å². The summed E-state index contributed by atoms with van der Waals surface area (Å²) in [5.74, 6) is -0.251. The fraction of sp³-hybridized carbons (Fsp3) is 0.562. The van der Waals surface area contributed by atoms with Gasteiger partial charge in [0.25, 0.3) is 10.0 Å². The highest BCUT2D eigenvalue weighted by Crippen LogP contribution is 2.41. The van der Waals surface area contributed by atoms with Crippen molar-refractivity contribution in [2.75, 3.05) is 14.1 Å². The van der Waals surface area contributed by atoms with Gasteiger partial charge in [0.1, 0.15) is 17.0 Å². The summed E-state index contributed by atoms with van der Waals surface area (Å²) in [4.78, 5) is 1.43. The fourth-order valence-corrected chi connectivity index (χ4v) is 3.96. The lowest BCUT2D eigenvalue weighted by atomic mass is 9.71. The van der Waals surface area contributed by atoms with E-state index < -0.39 is 10.0 Å². The lowest BCUT2D eigenvalue weighted by Gasteiger charge is -2.34. The maximum Gasteiger partial charge on any atom is 0.287 e. The minimum atomic E-state index is -3.90. The summed E-state index contributed by atoms with van der Waals surface area (Å²) in [6.45, 7) is 2.16. The Morgan fingerprint density at radius 3 is 2.45 bits per heavy atom. The Morgan fingerprint density at radius 1 is 1.23 bits per heavy atom. The van der Waals surface area contributed by atoms with E-state index >= 15 is 0 Å². The summed E-state index contributed by atoms with van der Waals surface area (Å²) in [5.41, 5.74) is 0.935. The first-order valence-electron chi connectivity index (χ1n) is 7.55. The highest BCUT2D eigenvalue weighted by Gasteiger charge is 2.30. The van der Waals surface area contributed by atoms with Crippen molar-refractivity contribution in [3.05, 3.63) is 23.8 Å². The van der Waals surface area contributed by atoms with Crippen LogP contribution in [0, 0.1) is 0 Å². The van der Waals surface area contributed by atoms with Crippen LogP contribution in [0.1, 0.15) is 44.6 Å². The van der Waals surface area contributed by atoms with Crippen LogP contribution in [0.25, 0.3) is 0 Å². The molecule has 0 amide bonds. The van der Waals surface area contributed by atoms with Crippen molar-refractivity contribution in [2.24, 2.45) is 4.40 Å². The smallest absolute Gasteiger partial charge is 0.287 e. The van der Waals surface area contributed by atoms with E-state index in [0.29, 0.717) is 0 Å². The van der Waals surface area contributed by atoms with E-state index in [9.17, 15) is 13.5 Å². The van der Waals surface area contributed by atoms with Gasteiger partial charge in [-0.15, -0.1) is 4.40 Å². The van der Waals surface area contributed by atoms with E-state index in [1.807, 2.05) is 6.07 Å². The van der Waals surface area contributed by atoms with Crippen molar-refractivity contribution in [3.8, 4) is 5.75 Å². The summed E-state index contributed by atoms with van der Waals surface area (Å²) >= 11 is 0. The average molecular weight is 324 g/mol. The molecule has 0 bridgehead atoms. The molecule has 1 N–H and O–H groups in total. The summed E-state index contributed by atoms with van der Waals surface area (Å²) in [7, 11) is -0.511. The third-order valence-corrected chi connectivity index (χ3v) is 5.56. The van der Waals surface area contributed by atoms with Crippen LogP contribution in [0.15, 0.2) is 27.5 Å². The lowest BCUT2D eigenvalue weighted by molar-refractivity contribution is 0.318. The van der Waals surface area contributed by atoms with Crippen LogP contribution in [0.5, 0.6) is 5.75 Å². The number of nitrogens with zero attached hydrogens (tertiary/aromatic N) is 2. The first kappa shape index (κ1) is 16.8. The lowest BCUT2D eigenvalue weighted by Crippen LogP contribution is -2.25. The topological polar surface area (TPSA) is 70.0 Å². The molecule has 0 atom stereocenters. The molecule has 0 aliphatic heterocycles. The summed E-state index contributed by atoms with van der Waals surface area (Å²) in [5, 5.41) is 9.95. The van der Waals surface area contributed by atoms with Crippen molar-refractivity contribution in [2.45, 2.75) is 49.3 Å². The van der Waals surface area contributed by atoms with Gasteiger partial charge in [-0.25, -0.2) is 0 Å². The zero-order chi connectivity index (χ0) is 16.4. The number of phenolic OH excluding ortho intramolecular Hbond substituents is 1. The summed E-state index contributed by atoms with van der Waals surface area (Å²) in [6.07, 6.45) is 6.84. The van der Waals surface area contributed by atoms with Gasteiger partial charge in [0.05, 0.1) is 0 Å². The Kier molecular flexibility index (Phi) is 4.80. The van der Waals surface area contributed by atoms with E-state index in [1.165, 1.54) is 18.8 Å². The van der Waals surface area contributed by atoms with Gasteiger partial charge in [0, 0.05) is 14.1 Å². The summed E-state index contributed by atoms with van der Waals surface area (Å²) < 4.78 is 28.2. The van der Waals surface area contributed by atoms with E-state index in [4.69, 9.17) is 0 Å². The zero-order valence-corrected chi connectivity index (χ0v) is 14.2. The minimum Gasteiger partial charge on any atom is -0.507 e. The Bertz CT molecular complexity index is 660. The van der Waals surface area contributed by atoms with Gasteiger partial charge >= 0.3 is 0 Å². The molecule has 1 saturated carbocycles. The molecule has 5 nitrogen and oxygen atoms in total. The van der Waals surface area contributed by atoms with Gasteiger partial charge < -0.3 is 10.0 Å². The second kappa shape index (κ2) is 6.28. The Hall–Kier alpha value is -1.56. The van der Waals surface area contributed by atoms with Gasteiger partial charge in [-0.3, -0.25) is 0 Å². The van der Waals surface area contributed by atoms with E-state index in [2.05, 4.69) is 11.3 Å². The maximum absolute atomic E-state index is 12.3. The van der Waals surface area contributed by atoms with Crippen molar-refractivity contribution in [3.63, 3.8) is 0 Å². The summed E-state index contributed by atoms with van der Waals surface area (Å²) in [6, 6.07) is 4.88. The molecule has 1 aromatic carbocycles. The molecule has 0 heterocycles. The zero-order valence-electron chi connectivity index (χ0n) is 13.4. The first-order chi connectivity index (χ1) is 10.2. The van der Waals surface area contributed by atoms with Crippen molar-refractivity contribution >= 4 is 16.4 Å². The van der Waals surface area contributed by atoms with Gasteiger partial charge in [-0.1, -0.05) is 32.3 Å². The number of phenols is 1. The van der Waals surface area contributed by atoms with Crippen LogP contribution in [-0.2, 0) is 15.4 Å². The van der Waals surface area contributed by atoms with Crippen LogP contribution >= 0.6 is 0 Å². The standard InChI is InChI=1S/C16H24N2O3S/c1-16(9-5-4-6-10-16)13-7-8-14(19)15(11-13)22(20,21)17-12-18(2)3/h7-8,11-12,19H,4-6,9-10H2,1-3H3/b17-12+. The molecular weight excluding hydrogens is 300 g/mol. The molecule has 1 fully saturated rings. The third kappa shape index (κ3) is 3.61. The molecule has 2 rings (SSSR count). The molecule has 0 spiro atoms. The minimum absolute atomic E-state index is 0.0263. The van der Waals surface area contributed by atoms with Crippen LogP contribution < -0.4 is 0 Å². The molecule has 0 aromatic heterocycles. The van der Waals surface area contributed by atoms with Crippen molar-refractivity contribution in [1.29, 1.82) is 0 Å². The van der Waals surface area contributed by atoms with Crippen LogP contribution in [0.2, 0.25) is 0 Å². The molecule has 122 valence electrons. The molecule has 0 radical (unpaired) electrons. The molecule has 0 unspecified atom stereocenters. The third-order valence-electron chi connectivity index (χ3n) is 4.31. The predicted molar refractivity (Wildman–Crippen MR) is 87.9 cm³/mol. The fourth-order valence-electron chi connectivity index (χ4n) is 2.93. The molecule has 1 aromatic rings. The van der Waals surface area contributed by atoms with Crippen molar-refractivity contribution in [1.82, 2.24) is 4.90 Å². The molecular formula is C16H24N2O3S. The number of benzene rings is 1. The van der Waals surface area contributed by atoms with E-state index in [1.54, 1.807) is 25.1 Å². The Labute approximate surface area is 132 Å². The average Bonchev–Trinajstić information content (AvgIpc) is 2.46. The SMILES string of the molecule is CN(C)/C=N/S(=O)(=O)c1cc(C2(C)CCCCC2)ccc1O. The number of hydrogen-bond donors (Lipinski definition) is 1. The predicted octanol–water partition coefficient (Wildman–Crippen LogP) is 2.89.